The zero-order chi connectivity index (χ0) is 12.4. The van der Waals surface area contributed by atoms with Gasteiger partial charge in [0.1, 0.15) is 0 Å². The molecule has 0 aliphatic rings. The van der Waals surface area contributed by atoms with Gasteiger partial charge in [-0.05, 0) is 23.8 Å². The Labute approximate surface area is 109 Å². The van der Waals surface area contributed by atoms with E-state index in [2.05, 4.69) is 16.0 Å². The highest BCUT2D eigenvalue weighted by Gasteiger charge is 2.06. The van der Waals surface area contributed by atoms with E-state index in [0.717, 1.165) is 26.6 Å². The molecule has 3 N–H and O–H groups in total. The Kier molecular flexibility index (Phi) is 3.04. The molecule has 0 saturated heterocycles. The van der Waals surface area contributed by atoms with Crippen molar-refractivity contribution in [3.63, 3.8) is 0 Å². The predicted octanol–water partition coefficient (Wildman–Crippen LogP) is 3.17. The molecule has 1 aromatic heterocycles. The van der Waals surface area contributed by atoms with Crippen molar-refractivity contribution in [1.29, 1.82) is 0 Å². The van der Waals surface area contributed by atoms with Gasteiger partial charge in [0, 0.05) is 11.4 Å². The molecule has 0 bridgehead atoms. The minimum absolute atomic E-state index is 0.545. The number of imidazole rings is 1. The van der Waals surface area contributed by atoms with Gasteiger partial charge in [-0.2, -0.15) is 0 Å². The summed E-state index contributed by atoms with van der Waals surface area (Å²) in [6.07, 6.45) is 0. The second kappa shape index (κ2) is 4.84. The Morgan fingerprint density at radius 3 is 2.67 bits per heavy atom. The largest absolute Gasteiger partial charge is 0.333 e. The molecule has 3 rings (SSSR count). The molecule has 4 heteroatoms. The minimum atomic E-state index is 0.545. The van der Waals surface area contributed by atoms with E-state index < -0.39 is 0 Å². The number of hydrogen-bond acceptors (Lipinski definition) is 3. The first-order chi connectivity index (χ1) is 8.86. The van der Waals surface area contributed by atoms with Gasteiger partial charge in [0.25, 0.3) is 0 Å². The van der Waals surface area contributed by atoms with E-state index in [0.29, 0.717) is 6.54 Å². The van der Waals surface area contributed by atoms with E-state index in [4.69, 9.17) is 5.73 Å². The van der Waals surface area contributed by atoms with Crippen LogP contribution in [0.25, 0.3) is 11.0 Å². The number of nitrogens with two attached hydrogens (primary N) is 1. The molecule has 0 aliphatic heterocycles. The highest BCUT2D eigenvalue weighted by molar-refractivity contribution is 7.99. The average Bonchev–Trinajstić information content (AvgIpc) is 2.81. The molecule has 0 unspecified atom stereocenters. The molecule has 0 atom stereocenters. The predicted molar refractivity (Wildman–Crippen MR) is 74.6 cm³/mol. The van der Waals surface area contributed by atoms with Crippen LogP contribution < -0.4 is 5.73 Å². The molecule has 0 fully saturated rings. The lowest BCUT2D eigenvalue weighted by Crippen LogP contribution is -1.97. The summed E-state index contributed by atoms with van der Waals surface area (Å²) >= 11 is 1.62. The fourth-order valence-corrected chi connectivity index (χ4v) is 2.80. The number of aromatic amines is 1. The number of hydrogen-bond donors (Lipinski definition) is 2. The van der Waals surface area contributed by atoms with Crippen LogP contribution in [0.1, 0.15) is 5.56 Å². The highest BCUT2D eigenvalue weighted by Crippen LogP contribution is 2.29. The molecule has 2 aromatic carbocycles. The maximum absolute atomic E-state index is 5.74. The normalized spacial score (nSPS) is 10.9. The first-order valence-electron chi connectivity index (χ1n) is 5.77. The monoisotopic (exact) mass is 255 g/mol. The molecular weight excluding hydrogens is 242 g/mol. The number of aromatic nitrogens is 2. The maximum Gasteiger partial charge on any atom is 0.171 e. The molecule has 90 valence electrons. The molecule has 0 spiro atoms. The lowest BCUT2D eigenvalue weighted by molar-refractivity contribution is 1.02. The summed E-state index contributed by atoms with van der Waals surface area (Å²) in [5, 5.41) is 0.900. The molecule has 0 amide bonds. The van der Waals surface area contributed by atoms with Crippen LogP contribution in [0, 0.1) is 0 Å². The van der Waals surface area contributed by atoms with Gasteiger partial charge in [0.2, 0.25) is 0 Å². The van der Waals surface area contributed by atoms with Crippen molar-refractivity contribution in [2.24, 2.45) is 5.73 Å². The molecule has 1 heterocycles. The Morgan fingerprint density at radius 2 is 1.83 bits per heavy atom. The highest BCUT2D eigenvalue weighted by atomic mass is 32.2. The minimum Gasteiger partial charge on any atom is -0.333 e. The van der Waals surface area contributed by atoms with E-state index in [9.17, 15) is 0 Å². The molecular formula is C14H13N3S. The smallest absolute Gasteiger partial charge is 0.171 e. The first-order valence-corrected chi connectivity index (χ1v) is 6.59. The van der Waals surface area contributed by atoms with Gasteiger partial charge in [0.15, 0.2) is 5.16 Å². The summed E-state index contributed by atoms with van der Waals surface area (Å²) in [5.74, 6) is 0. The van der Waals surface area contributed by atoms with Gasteiger partial charge in [-0.15, -0.1) is 0 Å². The zero-order valence-corrected chi connectivity index (χ0v) is 10.6. The lowest BCUT2D eigenvalue weighted by atomic mass is 10.2. The molecule has 3 aromatic rings. The van der Waals surface area contributed by atoms with E-state index in [1.165, 1.54) is 0 Å². The molecule has 0 radical (unpaired) electrons. The fraction of sp³-hybridized carbons (Fsp3) is 0.0714. The van der Waals surface area contributed by atoms with Crippen LogP contribution in [-0.4, -0.2) is 9.97 Å². The van der Waals surface area contributed by atoms with Crippen molar-refractivity contribution in [1.82, 2.24) is 9.97 Å². The van der Waals surface area contributed by atoms with Gasteiger partial charge in [-0.3, -0.25) is 0 Å². The van der Waals surface area contributed by atoms with Crippen molar-refractivity contribution in [3.8, 4) is 0 Å². The van der Waals surface area contributed by atoms with Gasteiger partial charge in [0.05, 0.1) is 11.0 Å². The second-order valence-electron chi connectivity index (χ2n) is 3.97. The van der Waals surface area contributed by atoms with E-state index in [1.54, 1.807) is 11.8 Å². The zero-order valence-electron chi connectivity index (χ0n) is 9.76. The number of H-pyrrole nitrogens is 1. The summed E-state index contributed by atoms with van der Waals surface area (Å²) in [5.41, 5.74) is 8.93. The first kappa shape index (κ1) is 11.3. The Hall–Kier alpha value is -1.78. The number of rotatable bonds is 3. The van der Waals surface area contributed by atoms with Gasteiger partial charge < -0.3 is 10.7 Å². The van der Waals surface area contributed by atoms with Gasteiger partial charge in [-0.1, -0.05) is 42.1 Å². The van der Waals surface area contributed by atoms with Crippen LogP contribution in [0.4, 0.5) is 0 Å². The topological polar surface area (TPSA) is 54.7 Å². The molecule has 3 nitrogen and oxygen atoms in total. The summed E-state index contributed by atoms with van der Waals surface area (Å²) in [7, 11) is 0. The van der Waals surface area contributed by atoms with Crippen LogP contribution in [0.15, 0.2) is 58.6 Å². The fourth-order valence-electron chi connectivity index (χ4n) is 1.85. The van der Waals surface area contributed by atoms with E-state index in [1.807, 2.05) is 42.5 Å². The maximum atomic E-state index is 5.74. The quantitative estimate of drug-likeness (QED) is 0.755. The number of fused-ring (bicyclic) bond motifs is 1. The van der Waals surface area contributed by atoms with Crippen molar-refractivity contribution < 1.29 is 0 Å². The third-order valence-electron chi connectivity index (χ3n) is 2.77. The van der Waals surface area contributed by atoms with Crippen LogP contribution >= 0.6 is 11.8 Å². The summed E-state index contributed by atoms with van der Waals surface area (Å²) in [4.78, 5) is 9.01. The van der Waals surface area contributed by atoms with Crippen molar-refractivity contribution in [2.75, 3.05) is 0 Å². The number of benzene rings is 2. The Bertz CT molecular complexity index is 642. The van der Waals surface area contributed by atoms with Crippen LogP contribution in [-0.2, 0) is 6.54 Å². The van der Waals surface area contributed by atoms with Crippen LogP contribution in [0.5, 0.6) is 0 Å². The number of nitrogens with one attached hydrogen (secondary N) is 1. The van der Waals surface area contributed by atoms with Crippen LogP contribution in [0.2, 0.25) is 0 Å². The second-order valence-corrected chi connectivity index (χ2v) is 5.00. The summed E-state index contributed by atoms with van der Waals surface area (Å²) < 4.78 is 0. The molecule has 18 heavy (non-hydrogen) atoms. The van der Waals surface area contributed by atoms with E-state index >= 15 is 0 Å². The summed E-state index contributed by atoms with van der Waals surface area (Å²) in [6.45, 7) is 0.545. The summed E-state index contributed by atoms with van der Waals surface area (Å²) in [6, 6.07) is 16.2. The average molecular weight is 255 g/mol. The van der Waals surface area contributed by atoms with Crippen molar-refractivity contribution in [2.45, 2.75) is 16.6 Å². The Balaban J connectivity index is 1.96. The Morgan fingerprint density at radius 1 is 1.06 bits per heavy atom. The molecule has 0 aliphatic carbocycles. The van der Waals surface area contributed by atoms with Gasteiger partial charge in [-0.25, -0.2) is 4.98 Å². The SMILES string of the molecule is NCc1ccccc1Sc1nc2ccccc2[nH]1. The number of nitrogens with zero attached hydrogens (tertiary/aromatic N) is 1. The molecule has 0 saturated carbocycles. The third kappa shape index (κ3) is 2.12. The lowest BCUT2D eigenvalue weighted by Gasteiger charge is -2.04. The van der Waals surface area contributed by atoms with Crippen LogP contribution in [0.3, 0.4) is 0 Å². The third-order valence-corrected chi connectivity index (χ3v) is 3.77. The number of para-hydroxylation sites is 2. The standard InChI is InChI=1S/C14H13N3S/c15-9-10-5-1-4-8-13(10)18-14-16-11-6-2-3-7-12(11)17-14/h1-8H,9,15H2,(H,16,17). The van der Waals surface area contributed by atoms with E-state index in [-0.39, 0.29) is 0 Å². The van der Waals surface area contributed by atoms with Crippen molar-refractivity contribution >= 4 is 22.8 Å². The van der Waals surface area contributed by atoms with Gasteiger partial charge >= 0.3 is 0 Å². The van der Waals surface area contributed by atoms with Crippen molar-refractivity contribution in [3.05, 3.63) is 54.1 Å².